The van der Waals surface area contributed by atoms with E-state index in [1.807, 2.05) is 6.92 Å². The largest absolute Gasteiger partial charge is 0.479 e. The fourth-order valence-corrected chi connectivity index (χ4v) is 4.87. The van der Waals surface area contributed by atoms with Crippen LogP contribution in [0.3, 0.4) is 0 Å². The molecule has 0 fully saturated rings. The molecule has 0 unspecified atom stereocenters. The highest BCUT2D eigenvalue weighted by Crippen LogP contribution is 2.32. The van der Waals surface area contributed by atoms with Gasteiger partial charge in [0, 0.05) is 24.9 Å². The molecular formula is C20H26ClN7O5S. The van der Waals surface area contributed by atoms with E-state index in [-0.39, 0.29) is 29.9 Å². The Bertz CT molecular complexity index is 1200. The van der Waals surface area contributed by atoms with Gasteiger partial charge in [-0.25, -0.2) is 18.4 Å². The first-order valence-corrected chi connectivity index (χ1v) is 12.5. The Balaban J connectivity index is 2.04. The zero-order valence-corrected chi connectivity index (χ0v) is 21.0. The first-order valence-electron chi connectivity index (χ1n) is 10.4. The minimum atomic E-state index is -3.75. The van der Waals surface area contributed by atoms with Crippen LogP contribution in [0.25, 0.3) is 5.69 Å². The van der Waals surface area contributed by atoms with Crippen molar-refractivity contribution in [3.63, 3.8) is 0 Å². The third kappa shape index (κ3) is 5.42. The molecule has 34 heavy (non-hydrogen) atoms. The summed E-state index contributed by atoms with van der Waals surface area (Å²) in [5.41, 5.74) is 0.277. The molecule has 3 aromatic heterocycles. The van der Waals surface area contributed by atoms with Gasteiger partial charge < -0.3 is 14.2 Å². The SMILES string of the molecule is CCOCc1nnc(CS(=O)(=O)[C@@H](C)[C@H](C)c2ncc(Cl)cn2)n1-c1c(OC)ncnc1OC. The Kier molecular flexibility index (Phi) is 8.33. The highest BCUT2D eigenvalue weighted by atomic mass is 35.5. The average Bonchev–Trinajstić information content (AvgIpc) is 3.22. The van der Waals surface area contributed by atoms with E-state index in [1.54, 1.807) is 13.8 Å². The van der Waals surface area contributed by atoms with Gasteiger partial charge in [-0.15, -0.1) is 10.2 Å². The molecule has 0 aliphatic rings. The van der Waals surface area contributed by atoms with Gasteiger partial charge >= 0.3 is 0 Å². The summed E-state index contributed by atoms with van der Waals surface area (Å²) in [6.45, 7) is 5.69. The van der Waals surface area contributed by atoms with Gasteiger partial charge in [0.1, 0.15) is 24.5 Å². The van der Waals surface area contributed by atoms with Crippen LogP contribution in [0.4, 0.5) is 0 Å². The van der Waals surface area contributed by atoms with Gasteiger partial charge in [0.2, 0.25) is 11.8 Å². The van der Waals surface area contributed by atoms with Crippen molar-refractivity contribution in [2.24, 2.45) is 0 Å². The van der Waals surface area contributed by atoms with Gasteiger partial charge in [0.25, 0.3) is 0 Å². The van der Waals surface area contributed by atoms with Gasteiger partial charge in [-0.1, -0.05) is 18.5 Å². The number of nitrogens with zero attached hydrogens (tertiary/aromatic N) is 7. The van der Waals surface area contributed by atoms with Crippen molar-refractivity contribution in [2.75, 3.05) is 20.8 Å². The molecule has 12 nitrogen and oxygen atoms in total. The number of hydrogen-bond acceptors (Lipinski definition) is 11. The lowest BCUT2D eigenvalue weighted by Gasteiger charge is -2.20. The van der Waals surface area contributed by atoms with Crippen LogP contribution >= 0.6 is 11.6 Å². The molecular weight excluding hydrogens is 486 g/mol. The number of rotatable bonds is 11. The first kappa shape index (κ1) is 25.7. The van der Waals surface area contributed by atoms with Crippen molar-refractivity contribution in [3.05, 3.63) is 41.2 Å². The minimum Gasteiger partial charge on any atom is -0.479 e. The third-order valence-electron chi connectivity index (χ3n) is 5.25. The van der Waals surface area contributed by atoms with Crippen molar-refractivity contribution in [2.45, 2.75) is 44.3 Å². The van der Waals surface area contributed by atoms with Crippen molar-refractivity contribution in [1.29, 1.82) is 0 Å². The average molecular weight is 512 g/mol. The maximum absolute atomic E-state index is 13.4. The monoisotopic (exact) mass is 511 g/mol. The summed E-state index contributed by atoms with van der Waals surface area (Å²) in [5.74, 6) is 0.270. The molecule has 0 aromatic carbocycles. The lowest BCUT2D eigenvalue weighted by atomic mass is 10.1. The molecule has 0 saturated carbocycles. The minimum absolute atomic E-state index is 0.0787. The number of methoxy groups -OCH3 is 2. The van der Waals surface area contributed by atoms with Gasteiger partial charge in [-0.3, -0.25) is 4.57 Å². The summed E-state index contributed by atoms with van der Waals surface area (Å²) in [6.07, 6.45) is 4.15. The van der Waals surface area contributed by atoms with Crippen LogP contribution in [0.2, 0.25) is 5.02 Å². The van der Waals surface area contributed by atoms with E-state index in [1.165, 1.54) is 37.5 Å². The van der Waals surface area contributed by atoms with E-state index in [9.17, 15) is 8.42 Å². The topological polar surface area (TPSA) is 144 Å². The fraction of sp³-hybridized carbons (Fsp3) is 0.500. The Labute approximate surface area is 202 Å². The molecule has 3 heterocycles. The van der Waals surface area contributed by atoms with Gasteiger partial charge in [-0.2, -0.15) is 9.97 Å². The van der Waals surface area contributed by atoms with Crippen LogP contribution in [0.15, 0.2) is 18.7 Å². The molecule has 0 bridgehead atoms. The van der Waals surface area contributed by atoms with E-state index >= 15 is 0 Å². The van der Waals surface area contributed by atoms with Crippen LogP contribution in [0.5, 0.6) is 11.8 Å². The number of ether oxygens (including phenoxy) is 3. The summed E-state index contributed by atoms with van der Waals surface area (Å²) in [7, 11) is -0.878. The molecule has 0 radical (unpaired) electrons. The van der Waals surface area contributed by atoms with Crippen LogP contribution in [0.1, 0.15) is 44.2 Å². The van der Waals surface area contributed by atoms with E-state index < -0.39 is 26.8 Å². The van der Waals surface area contributed by atoms with Crippen LogP contribution < -0.4 is 9.47 Å². The molecule has 0 saturated heterocycles. The normalized spacial score (nSPS) is 13.5. The molecule has 0 amide bonds. The van der Waals surface area contributed by atoms with Gasteiger partial charge in [-0.05, 0) is 13.8 Å². The lowest BCUT2D eigenvalue weighted by Crippen LogP contribution is -2.27. The number of sulfone groups is 1. The molecule has 0 N–H and O–H groups in total. The van der Waals surface area contributed by atoms with E-state index in [2.05, 4.69) is 30.1 Å². The molecule has 184 valence electrons. The molecule has 2 atom stereocenters. The van der Waals surface area contributed by atoms with E-state index in [4.69, 9.17) is 25.8 Å². The third-order valence-corrected chi connectivity index (χ3v) is 7.64. The Hall–Kier alpha value is -2.90. The summed E-state index contributed by atoms with van der Waals surface area (Å²) in [6, 6.07) is 0. The van der Waals surface area contributed by atoms with E-state index in [0.29, 0.717) is 23.3 Å². The first-order chi connectivity index (χ1) is 16.2. The van der Waals surface area contributed by atoms with Crippen molar-refractivity contribution < 1.29 is 22.6 Å². The Morgan fingerprint density at radius 3 is 2.15 bits per heavy atom. The fourth-order valence-electron chi connectivity index (χ4n) is 3.22. The van der Waals surface area contributed by atoms with Crippen molar-refractivity contribution in [1.82, 2.24) is 34.7 Å². The number of halogens is 1. The summed E-state index contributed by atoms with van der Waals surface area (Å²) in [4.78, 5) is 16.6. The second-order valence-corrected chi connectivity index (χ2v) is 10.1. The maximum atomic E-state index is 13.4. The predicted octanol–water partition coefficient (Wildman–Crippen LogP) is 2.16. The number of aromatic nitrogens is 7. The highest BCUT2D eigenvalue weighted by molar-refractivity contribution is 7.91. The van der Waals surface area contributed by atoms with Crippen LogP contribution in [-0.2, 0) is 26.9 Å². The quantitative estimate of drug-likeness (QED) is 0.373. The van der Waals surface area contributed by atoms with Gasteiger partial charge in [0.15, 0.2) is 27.2 Å². The predicted molar refractivity (Wildman–Crippen MR) is 123 cm³/mol. The van der Waals surface area contributed by atoms with Crippen LogP contribution in [0, 0.1) is 0 Å². The Morgan fingerprint density at radius 1 is 1.00 bits per heavy atom. The van der Waals surface area contributed by atoms with Crippen LogP contribution in [-0.4, -0.2) is 69.2 Å². The molecule has 0 aliphatic carbocycles. The maximum Gasteiger partial charge on any atom is 0.245 e. The molecule has 0 aliphatic heterocycles. The second kappa shape index (κ2) is 11.0. The summed E-state index contributed by atoms with van der Waals surface area (Å²) >= 11 is 5.85. The zero-order valence-electron chi connectivity index (χ0n) is 19.5. The molecule has 14 heteroatoms. The highest BCUT2D eigenvalue weighted by Gasteiger charge is 2.33. The van der Waals surface area contributed by atoms with Gasteiger partial charge in [0.05, 0.1) is 24.5 Å². The summed E-state index contributed by atoms with van der Waals surface area (Å²) in [5, 5.41) is 7.84. The van der Waals surface area contributed by atoms with E-state index in [0.717, 1.165) is 0 Å². The standard InChI is InChI=1S/C20H26ClN7O5S/c1-6-33-9-15-26-27-16(28(15)17-19(31-4)24-11-25-20(17)32-5)10-34(29,30)13(3)12(2)18-22-7-14(21)8-23-18/h7-8,11-13H,6,9-10H2,1-5H3/t12-,13-/m0/s1. The summed E-state index contributed by atoms with van der Waals surface area (Å²) < 4.78 is 44.6. The van der Waals surface area contributed by atoms with Crippen molar-refractivity contribution in [3.8, 4) is 17.4 Å². The molecule has 0 spiro atoms. The molecule has 3 aromatic rings. The smallest absolute Gasteiger partial charge is 0.245 e. The lowest BCUT2D eigenvalue weighted by molar-refractivity contribution is 0.127. The number of hydrogen-bond donors (Lipinski definition) is 0. The molecule has 3 rings (SSSR count). The zero-order chi connectivity index (χ0) is 24.9. The Morgan fingerprint density at radius 2 is 1.59 bits per heavy atom. The van der Waals surface area contributed by atoms with Crippen molar-refractivity contribution >= 4 is 21.4 Å². The second-order valence-electron chi connectivity index (χ2n) is 7.31.